The zero-order valence-electron chi connectivity index (χ0n) is 13.6. The van der Waals surface area contributed by atoms with E-state index in [2.05, 4.69) is 36.6 Å². The summed E-state index contributed by atoms with van der Waals surface area (Å²) >= 11 is 1.77. The zero-order chi connectivity index (χ0) is 16.4. The molecule has 1 aromatic carbocycles. The van der Waals surface area contributed by atoms with Gasteiger partial charge in [-0.15, -0.1) is 0 Å². The maximum atomic E-state index is 6.08. The SMILES string of the molecule is Nc1nc(CN2CCN(Cc3ccsc3)CC2)nc2ccccc12. The second-order valence-corrected chi connectivity index (χ2v) is 7.01. The number of nitrogens with two attached hydrogens (primary N) is 1. The molecule has 1 aliphatic heterocycles. The molecule has 1 saturated heterocycles. The Balaban J connectivity index is 1.38. The van der Waals surface area contributed by atoms with Gasteiger partial charge in [-0.05, 0) is 34.5 Å². The van der Waals surface area contributed by atoms with Crippen molar-refractivity contribution >= 4 is 28.1 Å². The zero-order valence-corrected chi connectivity index (χ0v) is 14.4. The van der Waals surface area contributed by atoms with Crippen LogP contribution in [0.4, 0.5) is 5.82 Å². The largest absolute Gasteiger partial charge is 0.383 e. The number of piperazine rings is 1. The third-order valence-electron chi connectivity index (χ3n) is 4.50. The molecule has 0 atom stereocenters. The van der Waals surface area contributed by atoms with Crippen LogP contribution in [0.15, 0.2) is 41.1 Å². The Bertz CT molecular complexity index is 809. The number of rotatable bonds is 4. The highest BCUT2D eigenvalue weighted by atomic mass is 32.1. The first-order valence-electron chi connectivity index (χ1n) is 8.25. The minimum atomic E-state index is 0.576. The molecule has 124 valence electrons. The van der Waals surface area contributed by atoms with Crippen LogP contribution in [0.3, 0.4) is 0 Å². The van der Waals surface area contributed by atoms with E-state index < -0.39 is 0 Å². The fourth-order valence-corrected chi connectivity index (χ4v) is 3.83. The Kier molecular flexibility index (Phi) is 4.42. The number of nitrogen functional groups attached to an aromatic ring is 1. The van der Waals surface area contributed by atoms with Crippen LogP contribution in [0, 0.1) is 0 Å². The van der Waals surface area contributed by atoms with Crippen LogP contribution in [0.2, 0.25) is 0 Å². The molecule has 3 aromatic rings. The maximum Gasteiger partial charge on any atom is 0.145 e. The summed E-state index contributed by atoms with van der Waals surface area (Å²) in [4.78, 5) is 14.1. The van der Waals surface area contributed by atoms with Crippen molar-refractivity contribution in [3.63, 3.8) is 0 Å². The van der Waals surface area contributed by atoms with Crippen molar-refractivity contribution in [1.29, 1.82) is 0 Å². The van der Waals surface area contributed by atoms with Gasteiger partial charge in [0.25, 0.3) is 0 Å². The van der Waals surface area contributed by atoms with Gasteiger partial charge < -0.3 is 5.73 Å². The van der Waals surface area contributed by atoms with E-state index in [1.165, 1.54) is 5.56 Å². The van der Waals surface area contributed by atoms with Gasteiger partial charge in [0.05, 0.1) is 12.1 Å². The average Bonchev–Trinajstić information content (AvgIpc) is 3.10. The summed E-state index contributed by atoms with van der Waals surface area (Å²) in [5.41, 5.74) is 8.43. The quantitative estimate of drug-likeness (QED) is 0.792. The molecule has 3 heterocycles. The van der Waals surface area contributed by atoms with Crippen molar-refractivity contribution in [2.45, 2.75) is 13.1 Å². The molecule has 0 bridgehead atoms. The van der Waals surface area contributed by atoms with Gasteiger partial charge in [0.2, 0.25) is 0 Å². The number of hydrogen-bond donors (Lipinski definition) is 1. The van der Waals surface area contributed by atoms with Gasteiger partial charge >= 0.3 is 0 Å². The molecule has 24 heavy (non-hydrogen) atoms. The first kappa shape index (κ1) is 15.5. The van der Waals surface area contributed by atoms with Gasteiger partial charge in [-0.1, -0.05) is 12.1 Å². The number of nitrogens with zero attached hydrogens (tertiary/aromatic N) is 4. The number of benzene rings is 1. The lowest BCUT2D eigenvalue weighted by atomic mass is 10.2. The Morgan fingerprint density at radius 3 is 2.46 bits per heavy atom. The predicted octanol–water partition coefficient (Wildman–Crippen LogP) is 2.59. The minimum absolute atomic E-state index is 0.576. The average molecular weight is 339 g/mol. The van der Waals surface area contributed by atoms with E-state index in [0.29, 0.717) is 5.82 Å². The number of thiophene rings is 1. The summed E-state index contributed by atoms with van der Waals surface area (Å²) in [6.07, 6.45) is 0. The van der Waals surface area contributed by atoms with E-state index in [-0.39, 0.29) is 0 Å². The monoisotopic (exact) mass is 339 g/mol. The number of para-hydroxylation sites is 1. The van der Waals surface area contributed by atoms with Crippen molar-refractivity contribution in [2.24, 2.45) is 0 Å². The van der Waals surface area contributed by atoms with E-state index in [1.54, 1.807) is 11.3 Å². The van der Waals surface area contributed by atoms with E-state index in [0.717, 1.165) is 56.0 Å². The molecule has 0 saturated carbocycles. The molecule has 2 N–H and O–H groups in total. The van der Waals surface area contributed by atoms with Crippen LogP contribution in [0.5, 0.6) is 0 Å². The molecular formula is C18H21N5S. The lowest BCUT2D eigenvalue weighted by Gasteiger charge is -2.34. The highest BCUT2D eigenvalue weighted by Gasteiger charge is 2.18. The first-order valence-corrected chi connectivity index (χ1v) is 9.19. The number of hydrogen-bond acceptors (Lipinski definition) is 6. The molecule has 0 spiro atoms. The van der Waals surface area contributed by atoms with Crippen molar-refractivity contribution in [1.82, 2.24) is 19.8 Å². The standard InChI is InChI=1S/C18H21N5S/c19-18-15-3-1-2-4-16(15)20-17(21-18)12-23-8-6-22(7-9-23)11-14-5-10-24-13-14/h1-5,10,13H,6-9,11-12H2,(H2,19,20,21). The van der Waals surface area contributed by atoms with Crippen molar-refractivity contribution < 1.29 is 0 Å². The molecule has 0 radical (unpaired) electrons. The normalized spacial score (nSPS) is 16.7. The fourth-order valence-electron chi connectivity index (χ4n) is 3.17. The van der Waals surface area contributed by atoms with Crippen LogP contribution in [0.1, 0.15) is 11.4 Å². The van der Waals surface area contributed by atoms with Gasteiger partial charge in [-0.2, -0.15) is 11.3 Å². The summed E-state index contributed by atoms with van der Waals surface area (Å²) in [7, 11) is 0. The maximum absolute atomic E-state index is 6.08. The molecule has 1 aliphatic rings. The van der Waals surface area contributed by atoms with Crippen LogP contribution in [0.25, 0.3) is 10.9 Å². The van der Waals surface area contributed by atoms with Crippen LogP contribution >= 0.6 is 11.3 Å². The summed E-state index contributed by atoms with van der Waals surface area (Å²) in [6.45, 7) is 6.07. The molecule has 6 heteroatoms. The molecule has 2 aromatic heterocycles. The van der Waals surface area contributed by atoms with E-state index in [4.69, 9.17) is 5.73 Å². The lowest BCUT2D eigenvalue weighted by molar-refractivity contribution is 0.120. The fraction of sp³-hybridized carbons (Fsp3) is 0.333. The second-order valence-electron chi connectivity index (χ2n) is 6.23. The predicted molar refractivity (Wildman–Crippen MR) is 98.8 cm³/mol. The summed E-state index contributed by atoms with van der Waals surface area (Å²) in [5, 5.41) is 5.31. The Hall–Kier alpha value is -2.02. The minimum Gasteiger partial charge on any atom is -0.383 e. The molecule has 5 nitrogen and oxygen atoms in total. The van der Waals surface area contributed by atoms with E-state index in [1.807, 2.05) is 24.3 Å². The van der Waals surface area contributed by atoms with E-state index in [9.17, 15) is 0 Å². The highest BCUT2D eigenvalue weighted by molar-refractivity contribution is 7.07. The highest BCUT2D eigenvalue weighted by Crippen LogP contribution is 2.18. The summed E-state index contributed by atoms with van der Waals surface area (Å²) in [5.74, 6) is 1.39. The molecular weight excluding hydrogens is 318 g/mol. The van der Waals surface area contributed by atoms with Crippen molar-refractivity contribution in [3.05, 3.63) is 52.5 Å². The van der Waals surface area contributed by atoms with Crippen molar-refractivity contribution in [2.75, 3.05) is 31.9 Å². The van der Waals surface area contributed by atoms with Gasteiger partial charge in [0.15, 0.2) is 0 Å². The molecule has 0 aliphatic carbocycles. The summed E-state index contributed by atoms with van der Waals surface area (Å²) < 4.78 is 0. The van der Waals surface area contributed by atoms with E-state index >= 15 is 0 Å². The summed E-state index contributed by atoms with van der Waals surface area (Å²) in [6, 6.07) is 10.1. The number of aromatic nitrogens is 2. The number of anilines is 1. The molecule has 0 unspecified atom stereocenters. The number of fused-ring (bicyclic) bond motifs is 1. The second kappa shape index (κ2) is 6.84. The smallest absolute Gasteiger partial charge is 0.145 e. The topological polar surface area (TPSA) is 58.3 Å². The Morgan fingerprint density at radius 1 is 0.958 bits per heavy atom. The third-order valence-corrected chi connectivity index (χ3v) is 5.23. The van der Waals surface area contributed by atoms with Gasteiger partial charge in [-0.25, -0.2) is 9.97 Å². The van der Waals surface area contributed by atoms with Crippen LogP contribution < -0.4 is 5.73 Å². The van der Waals surface area contributed by atoms with Gasteiger partial charge in [-0.3, -0.25) is 9.80 Å². The molecule has 1 fully saturated rings. The Morgan fingerprint density at radius 2 is 1.71 bits per heavy atom. The Labute approximate surface area is 145 Å². The lowest BCUT2D eigenvalue weighted by Crippen LogP contribution is -2.45. The first-order chi connectivity index (χ1) is 11.8. The van der Waals surface area contributed by atoms with Gasteiger partial charge in [0, 0.05) is 38.1 Å². The molecule has 4 rings (SSSR count). The third kappa shape index (κ3) is 3.40. The van der Waals surface area contributed by atoms with Crippen LogP contribution in [-0.2, 0) is 13.1 Å². The molecule has 0 amide bonds. The van der Waals surface area contributed by atoms with Crippen LogP contribution in [-0.4, -0.2) is 45.9 Å². The van der Waals surface area contributed by atoms with Gasteiger partial charge in [0.1, 0.15) is 11.6 Å². The van der Waals surface area contributed by atoms with Crippen molar-refractivity contribution in [3.8, 4) is 0 Å².